The van der Waals surface area contributed by atoms with Gasteiger partial charge in [0.05, 0.1) is 10.5 Å². The van der Waals surface area contributed by atoms with Crippen molar-refractivity contribution >= 4 is 27.5 Å². The number of aryl methyl sites for hydroxylation is 2. The Kier molecular flexibility index (Phi) is 4.84. The quantitative estimate of drug-likeness (QED) is 0.800. The summed E-state index contributed by atoms with van der Waals surface area (Å²) in [5.74, 6) is -0.258. The highest BCUT2D eigenvalue weighted by Gasteiger charge is 2.16. The van der Waals surface area contributed by atoms with Gasteiger partial charge >= 0.3 is 0 Å². The fraction of sp³-hybridized carbons (Fsp3) is 0.250. The maximum atomic E-state index is 13.7. The molecular weight excluding hydrogens is 341 g/mol. The summed E-state index contributed by atoms with van der Waals surface area (Å²) in [5, 5.41) is 4.00. The molecule has 0 aliphatic rings. The van der Waals surface area contributed by atoms with Gasteiger partial charge in [-0.05, 0) is 77.3 Å². The molecule has 2 aromatic carbocycles. The fourth-order valence-electron chi connectivity index (χ4n) is 2.31. The van der Waals surface area contributed by atoms with E-state index in [1.54, 1.807) is 12.1 Å². The molecule has 0 aliphatic carbocycles. The van der Waals surface area contributed by atoms with Crippen LogP contribution < -0.4 is 5.32 Å². The molecule has 2 aromatic rings. The molecule has 0 amide bonds. The molecule has 0 radical (unpaired) electrons. The zero-order chi connectivity index (χ0) is 14.9. The van der Waals surface area contributed by atoms with Crippen molar-refractivity contribution in [3.63, 3.8) is 0 Å². The Morgan fingerprint density at radius 1 is 1.15 bits per heavy atom. The zero-order valence-corrected chi connectivity index (χ0v) is 13.9. The van der Waals surface area contributed by atoms with Gasteiger partial charge in [0.25, 0.3) is 0 Å². The van der Waals surface area contributed by atoms with Crippen LogP contribution in [0.15, 0.2) is 34.8 Å². The Morgan fingerprint density at radius 3 is 2.45 bits per heavy atom. The largest absolute Gasteiger partial charge is 0.309 e. The molecule has 2 rings (SSSR count). The van der Waals surface area contributed by atoms with E-state index < -0.39 is 0 Å². The van der Waals surface area contributed by atoms with Crippen molar-refractivity contribution in [3.8, 4) is 0 Å². The number of rotatable bonds is 3. The van der Waals surface area contributed by atoms with E-state index in [2.05, 4.69) is 27.3 Å². The normalized spacial score (nSPS) is 12.5. The Morgan fingerprint density at radius 2 is 1.85 bits per heavy atom. The average Bonchev–Trinajstić information content (AvgIpc) is 2.40. The van der Waals surface area contributed by atoms with Crippen molar-refractivity contribution in [1.29, 1.82) is 0 Å². The molecule has 20 heavy (non-hydrogen) atoms. The van der Waals surface area contributed by atoms with E-state index in [-0.39, 0.29) is 11.9 Å². The van der Waals surface area contributed by atoms with Crippen LogP contribution in [0, 0.1) is 19.7 Å². The molecule has 0 bridgehead atoms. The molecule has 0 spiro atoms. The first-order valence-corrected chi connectivity index (χ1v) is 7.50. The summed E-state index contributed by atoms with van der Waals surface area (Å²) in [6, 6.07) is 9.14. The summed E-state index contributed by atoms with van der Waals surface area (Å²) >= 11 is 9.32. The van der Waals surface area contributed by atoms with Crippen molar-refractivity contribution in [2.75, 3.05) is 7.05 Å². The first-order valence-electron chi connectivity index (χ1n) is 6.33. The molecule has 0 aliphatic heterocycles. The molecule has 1 N–H and O–H groups in total. The summed E-state index contributed by atoms with van der Waals surface area (Å²) in [6.45, 7) is 3.99. The van der Waals surface area contributed by atoms with Crippen molar-refractivity contribution in [2.45, 2.75) is 19.9 Å². The number of benzene rings is 2. The molecule has 106 valence electrons. The van der Waals surface area contributed by atoms with Gasteiger partial charge in [0.2, 0.25) is 0 Å². The number of nitrogens with one attached hydrogen (secondary N) is 1. The highest BCUT2D eigenvalue weighted by atomic mass is 79.9. The van der Waals surface area contributed by atoms with Gasteiger partial charge in [0.1, 0.15) is 5.82 Å². The van der Waals surface area contributed by atoms with Crippen molar-refractivity contribution in [3.05, 3.63) is 67.9 Å². The monoisotopic (exact) mass is 355 g/mol. The van der Waals surface area contributed by atoms with Gasteiger partial charge in [-0.2, -0.15) is 0 Å². The topological polar surface area (TPSA) is 12.0 Å². The Labute approximate surface area is 132 Å². The number of hydrogen-bond acceptors (Lipinski definition) is 1. The fourth-order valence-corrected chi connectivity index (χ4v) is 2.77. The summed E-state index contributed by atoms with van der Waals surface area (Å²) in [4.78, 5) is 0. The van der Waals surface area contributed by atoms with Gasteiger partial charge in [0.15, 0.2) is 0 Å². The van der Waals surface area contributed by atoms with Crippen LogP contribution in [-0.4, -0.2) is 7.05 Å². The van der Waals surface area contributed by atoms with Crippen LogP contribution in [0.3, 0.4) is 0 Å². The minimum absolute atomic E-state index is 0.0615. The van der Waals surface area contributed by atoms with Crippen LogP contribution >= 0.6 is 27.5 Å². The minimum Gasteiger partial charge on any atom is -0.309 e. The van der Waals surface area contributed by atoms with Crippen LogP contribution in [0.2, 0.25) is 5.02 Å². The lowest BCUT2D eigenvalue weighted by Gasteiger charge is -2.21. The predicted molar refractivity (Wildman–Crippen MR) is 85.9 cm³/mol. The Bertz CT molecular complexity index is 643. The van der Waals surface area contributed by atoms with E-state index in [4.69, 9.17) is 11.6 Å². The number of halogens is 3. The van der Waals surface area contributed by atoms with E-state index >= 15 is 0 Å². The molecule has 0 fully saturated rings. The molecular formula is C16H16BrClFN. The smallest absolute Gasteiger partial charge is 0.137 e. The Balaban J connectivity index is 2.52. The summed E-state index contributed by atoms with van der Waals surface area (Å²) in [5.41, 5.74) is 4.10. The van der Waals surface area contributed by atoms with Crippen molar-refractivity contribution in [1.82, 2.24) is 5.32 Å². The van der Waals surface area contributed by atoms with E-state index in [1.807, 2.05) is 33.0 Å². The predicted octanol–water partition coefficient (Wildman–Crippen LogP) is 5.17. The summed E-state index contributed by atoms with van der Waals surface area (Å²) in [7, 11) is 1.87. The first-order chi connectivity index (χ1) is 9.43. The molecule has 4 heteroatoms. The van der Waals surface area contributed by atoms with Crippen LogP contribution in [0.1, 0.15) is 28.3 Å². The second-order valence-corrected chi connectivity index (χ2v) is 6.11. The van der Waals surface area contributed by atoms with E-state index in [1.165, 1.54) is 0 Å². The second kappa shape index (κ2) is 6.25. The third-order valence-corrected chi connectivity index (χ3v) is 4.47. The standard InChI is InChI=1S/C16H16BrClFN/c1-9-7-14(18)10(2)6-12(9)16(20-3)11-4-5-13(17)15(19)8-11/h4-8,16,20H,1-3H3. The lowest BCUT2D eigenvalue weighted by molar-refractivity contribution is 0.610. The third-order valence-electron chi connectivity index (χ3n) is 3.42. The van der Waals surface area contributed by atoms with Gasteiger partial charge < -0.3 is 5.32 Å². The maximum absolute atomic E-state index is 13.7. The number of hydrogen-bond donors (Lipinski definition) is 1. The highest BCUT2D eigenvalue weighted by molar-refractivity contribution is 9.10. The van der Waals surface area contributed by atoms with Crippen molar-refractivity contribution in [2.24, 2.45) is 0 Å². The molecule has 1 unspecified atom stereocenters. The highest BCUT2D eigenvalue weighted by Crippen LogP contribution is 2.30. The summed E-state index contributed by atoms with van der Waals surface area (Å²) in [6.07, 6.45) is 0. The van der Waals surface area contributed by atoms with Crippen molar-refractivity contribution < 1.29 is 4.39 Å². The molecule has 1 nitrogen and oxygen atoms in total. The van der Waals surface area contributed by atoms with Gasteiger partial charge in [-0.1, -0.05) is 23.7 Å². The molecule has 0 aromatic heterocycles. The molecule has 0 heterocycles. The maximum Gasteiger partial charge on any atom is 0.137 e. The van der Waals surface area contributed by atoms with Gasteiger partial charge in [0, 0.05) is 5.02 Å². The average molecular weight is 357 g/mol. The van der Waals surface area contributed by atoms with Gasteiger partial charge in [-0.3, -0.25) is 0 Å². The summed E-state index contributed by atoms with van der Waals surface area (Å²) < 4.78 is 14.2. The lowest BCUT2D eigenvalue weighted by Crippen LogP contribution is -2.19. The molecule has 1 atom stereocenters. The van der Waals surface area contributed by atoms with E-state index in [9.17, 15) is 4.39 Å². The first kappa shape index (κ1) is 15.5. The lowest BCUT2D eigenvalue weighted by atomic mass is 9.93. The van der Waals surface area contributed by atoms with Crippen LogP contribution in [0.25, 0.3) is 0 Å². The molecule has 0 saturated heterocycles. The minimum atomic E-state index is -0.258. The SMILES string of the molecule is CNC(c1ccc(Br)c(F)c1)c1cc(C)c(Cl)cc1C. The van der Waals surface area contributed by atoms with Crippen LogP contribution in [-0.2, 0) is 0 Å². The third kappa shape index (κ3) is 3.05. The van der Waals surface area contributed by atoms with Gasteiger partial charge in [-0.25, -0.2) is 4.39 Å². The van der Waals surface area contributed by atoms with Crippen LogP contribution in [0.5, 0.6) is 0 Å². The van der Waals surface area contributed by atoms with Crippen LogP contribution in [0.4, 0.5) is 4.39 Å². The zero-order valence-electron chi connectivity index (χ0n) is 11.6. The second-order valence-electron chi connectivity index (χ2n) is 4.85. The molecule has 0 saturated carbocycles. The van der Waals surface area contributed by atoms with E-state index in [0.29, 0.717) is 4.47 Å². The Hall–Kier alpha value is -0.900. The van der Waals surface area contributed by atoms with Gasteiger partial charge in [-0.15, -0.1) is 0 Å². The van der Waals surface area contributed by atoms with E-state index in [0.717, 1.165) is 27.3 Å².